The van der Waals surface area contributed by atoms with Gasteiger partial charge in [0.15, 0.2) is 0 Å². The van der Waals surface area contributed by atoms with Gasteiger partial charge in [0.25, 0.3) is 5.78 Å². The number of nitrogens with one attached hydrogen (secondary N) is 1. The molecule has 1 unspecified atom stereocenters. The number of hydrogen-bond donors (Lipinski definition) is 1. The Bertz CT molecular complexity index is 1690. The predicted molar refractivity (Wildman–Crippen MR) is 151 cm³/mol. The van der Waals surface area contributed by atoms with Crippen LogP contribution in [-0.4, -0.2) is 52.5 Å². The van der Waals surface area contributed by atoms with Gasteiger partial charge in [-0.2, -0.15) is 18.4 Å². The van der Waals surface area contributed by atoms with E-state index in [9.17, 15) is 22.8 Å². The molecular formula is C29H31F3N8O2. The molecule has 1 aromatic carbocycles. The third-order valence-corrected chi connectivity index (χ3v) is 7.54. The van der Waals surface area contributed by atoms with Crippen molar-refractivity contribution in [2.24, 2.45) is 4.99 Å². The molecule has 0 saturated carbocycles. The average molecular weight is 581 g/mol. The Labute approximate surface area is 239 Å². The molecule has 0 spiro atoms. The summed E-state index contributed by atoms with van der Waals surface area (Å²) >= 11 is 0. The second-order valence-electron chi connectivity index (χ2n) is 10.7. The van der Waals surface area contributed by atoms with Crippen LogP contribution >= 0.6 is 0 Å². The molecule has 0 radical (unpaired) electrons. The van der Waals surface area contributed by atoms with E-state index >= 15 is 0 Å². The van der Waals surface area contributed by atoms with E-state index in [1.165, 1.54) is 15.3 Å². The Kier molecular flexibility index (Phi) is 7.85. The minimum atomic E-state index is -5.09. The smallest absolute Gasteiger partial charge is 0.331 e. The zero-order valence-corrected chi connectivity index (χ0v) is 23.5. The maximum atomic E-state index is 14.2. The van der Waals surface area contributed by atoms with Gasteiger partial charge in [-0.05, 0) is 56.0 Å². The van der Waals surface area contributed by atoms with E-state index in [1.807, 2.05) is 37.3 Å². The van der Waals surface area contributed by atoms with Crippen molar-refractivity contribution in [2.75, 3.05) is 0 Å². The molecule has 10 nitrogen and oxygen atoms in total. The van der Waals surface area contributed by atoms with Crippen LogP contribution < -0.4 is 5.69 Å². The number of tetrazole rings is 1. The zero-order chi connectivity index (χ0) is 30.1. The van der Waals surface area contributed by atoms with Crippen LogP contribution in [0.2, 0.25) is 0 Å². The van der Waals surface area contributed by atoms with Crippen LogP contribution in [0, 0.1) is 0 Å². The lowest BCUT2D eigenvalue weighted by Crippen LogP contribution is -2.37. The summed E-state index contributed by atoms with van der Waals surface area (Å²) in [5.74, 6) is -1.67. The van der Waals surface area contributed by atoms with Crippen molar-refractivity contribution in [3.8, 4) is 17.2 Å². The molecule has 1 aliphatic heterocycles. The molecule has 4 aromatic rings. The number of alkyl halides is 3. The molecule has 1 N–H and O–H groups in total. The van der Waals surface area contributed by atoms with Crippen molar-refractivity contribution >= 4 is 12.0 Å². The minimum absolute atomic E-state index is 0.0947. The Balaban J connectivity index is 1.67. The number of ketones is 1. The second-order valence-corrected chi connectivity index (χ2v) is 10.7. The van der Waals surface area contributed by atoms with Crippen molar-refractivity contribution in [1.29, 1.82) is 0 Å². The number of aromatic amines is 1. The van der Waals surface area contributed by atoms with Crippen LogP contribution in [0.15, 0.2) is 64.8 Å². The molecule has 3 aromatic heterocycles. The highest BCUT2D eigenvalue weighted by Crippen LogP contribution is 2.36. The van der Waals surface area contributed by atoms with Crippen molar-refractivity contribution in [3.63, 3.8) is 0 Å². The molecule has 0 aliphatic carbocycles. The highest BCUT2D eigenvalue weighted by Gasteiger charge is 2.42. The summed E-state index contributed by atoms with van der Waals surface area (Å²) in [6, 6.07) is 8.44. The summed E-state index contributed by atoms with van der Waals surface area (Å²) in [4.78, 5) is 30.9. The van der Waals surface area contributed by atoms with Gasteiger partial charge < -0.3 is 4.57 Å². The second kappa shape index (κ2) is 11.4. The largest absolute Gasteiger partial charge is 0.455 e. The van der Waals surface area contributed by atoms with Crippen molar-refractivity contribution < 1.29 is 18.0 Å². The summed E-state index contributed by atoms with van der Waals surface area (Å²) in [5, 5.41) is 14.2. The van der Waals surface area contributed by atoms with Gasteiger partial charge in [0, 0.05) is 54.1 Å². The van der Waals surface area contributed by atoms with Gasteiger partial charge in [0.2, 0.25) is 5.82 Å². The Morgan fingerprint density at radius 3 is 2.67 bits per heavy atom. The third kappa shape index (κ3) is 5.38. The molecule has 5 rings (SSSR count). The lowest BCUT2D eigenvalue weighted by Gasteiger charge is -2.32. The summed E-state index contributed by atoms with van der Waals surface area (Å²) in [6.45, 7) is 5.78. The fourth-order valence-corrected chi connectivity index (χ4v) is 5.33. The molecule has 0 amide bonds. The molecule has 1 atom stereocenters. The Hall–Kier alpha value is -4.55. The molecule has 0 saturated heterocycles. The number of unbranched alkanes of at least 4 members (excludes halogenated alkanes) is 1. The third-order valence-electron chi connectivity index (χ3n) is 7.54. The molecular weight excluding hydrogens is 549 g/mol. The number of carbonyl (C=O) groups is 1. The SMILES string of the molecule is CCCCc1cn(-c2c(C(=O)C(F)(F)F)ccn2C(C)C)c(=O)n1CC1(c2cccc(-c3nn[nH]n3)c2)C=CN=CC1. The first-order valence-electron chi connectivity index (χ1n) is 13.7. The van der Waals surface area contributed by atoms with Crippen LogP contribution in [0.25, 0.3) is 17.2 Å². The van der Waals surface area contributed by atoms with E-state index in [1.54, 1.807) is 37.0 Å². The Morgan fingerprint density at radius 2 is 2.02 bits per heavy atom. The lowest BCUT2D eigenvalue weighted by atomic mass is 9.76. The topological polar surface area (TPSA) is 116 Å². The van der Waals surface area contributed by atoms with Gasteiger partial charge in [-0.1, -0.05) is 37.6 Å². The van der Waals surface area contributed by atoms with Crippen LogP contribution in [0.1, 0.15) is 67.7 Å². The summed E-state index contributed by atoms with van der Waals surface area (Å²) in [6.07, 6.45) is 5.92. The van der Waals surface area contributed by atoms with E-state index in [0.717, 1.165) is 30.0 Å². The number of H-pyrrole nitrogens is 1. The van der Waals surface area contributed by atoms with Gasteiger partial charge >= 0.3 is 11.9 Å². The fourth-order valence-electron chi connectivity index (χ4n) is 5.33. The molecule has 0 fully saturated rings. The first-order valence-corrected chi connectivity index (χ1v) is 13.7. The van der Waals surface area contributed by atoms with Crippen LogP contribution in [0.4, 0.5) is 13.2 Å². The highest BCUT2D eigenvalue weighted by atomic mass is 19.4. The van der Waals surface area contributed by atoms with E-state index in [4.69, 9.17) is 0 Å². The average Bonchev–Trinajstić information content (AvgIpc) is 3.72. The zero-order valence-electron chi connectivity index (χ0n) is 23.5. The number of aliphatic imine (C=N–C) groups is 1. The van der Waals surface area contributed by atoms with E-state index < -0.39 is 28.6 Å². The van der Waals surface area contributed by atoms with E-state index in [0.29, 0.717) is 24.4 Å². The van der Waals surface area contributed by atoms with Gasteiger partial charge in [0.1, 0.15) is 5.82 Å². The molecule has 1 aliphatic rings. The first kappa shape index (κ1) is 29.0. The number of aryl methyl sites for hydroxylation is 1. The van der Waals surface area contributed by atoms with Crippen LogP contribution in [-0.2, 0) is 18.4 Å². The van der Waals surface area contributed by atoms with Crippen LogP contribution in [0.5, 0.6) is 0 Å². The summed E-state index contributed by atoms with van der Waals surface area (Å²) in [5.41, 5.74) is 0.480. The number of hydrogen-bond acceptors (Lipinski definition) is 6. The molecule has 42 heavy (non-hydrogen) atoms. The van der Waals surface area contributed by atoms with Crippen molar-refractivity contribution in [1.82, 2.24) is 34.3 Å². The van der Waals surface area contributed by atoms with Gasteiger partial charge in [-0.25, -0.2) is 4.79 Å². The lowest BCUT2D eigenvalue weighted by molar-refractivity contribution is -0.0885. The summed E-state index contributed by atoms with van der Waals surface area (Å²) < 4.78 is 45.1. The van der Waals surface area contributed by atoms with Gasteiger partial charge in [0.05, 0.1) is 5.56 Å². The number of benzene rings is 1. The number of aromatic nitrogens is 7. The molecule has 220 valence electrons. The predicted octanol–water partition coefficient (Wildman–Crippen LogP) is 5.22. The van der Waals surface area contributed by atoms with E-state index in [2.05, 4.69) is 25.6 Å². The molecule has 13 heteroatoms. The van der Waals surface area contributed by atoms with Gasteiger partial charge in [-0.3, -0.25) is 18.9 Å². The minimum Gasteiger partial charge on any atom is -0.331 e. The van der Waals surface area contributed by atoms with E-state index in [-0.39, 0.29) is 18.4 Å². The number of rotatable bonds is 10. The molecule has 4 heterocycles. The van der Waals surface area contributed by atoms with Crippen molar-refractivity contribution in [2.45, 2.75) is 70.6 Å². The standard InChI is InChI=1S/C29H31F3N8O2/c1-4-5-9-22-17-39(26-23(24(41)29(30,31)32)10-15-38(26)19(2)3)27(42)40(22)18-28(11-13-33-14-12-28)21-8-6-7-20(16-21)25-34-36-37-35-25/h6-8,10-11,13-17,19H,4-5,9,12,18H2,1-3H3,(H,34,35,36,37). The first-order chi connectivity index (χ1) is 20.1. The number of halogens is 3. The van der Waals surface area contributed by atoms with Gasteiger partial charge in [-0.15, -0.1) is 10.2 Å². The number of allylic oxidation sites excluding steroid dienone is 1. The number of imidazole rings is 1. The quantitative estimate of drug-likeness (QED) is 0.259. The maximum absolute atomic E-state index is 14.2. The monoisotopic (exact) mass is 580 g/mol. The molecule has 0 bridgehead atoms. The number of nitrogens with zero attached hydrogens (tertiary/aromatic N) is 7. The van der Waals surface area contributed by atoms with Crippen molar-refractivity contribution in [3.05, 3.63) is 82.3 Å². The normalized spacial score (nSPS) is 16.9. The number of Topliss-reactive ketones (excluding diaryl/α,β-unsaturated/α-hetero) is 1. The number of carbonyl (C=O) groups excluding carboxylic acids is 1. The summed E-state index contributed by atoms with van der Waals surface area (Å²) in [7, 11) is 0. The fraction of sp³-hybridized carbons (Fsp3) is 0.379. The highest BCUT2D eigenvalue weighted by molar-refractivity contribution is 6.03. The van der Waals surface area contributed by atoms with Crippen LogP contribution in [0.3, 0.4) is 0 Å². The maximum Gasteiger partial charge on any atom is 0.455 e. The Morgan fingerprint density at radius 1 is 1.21 bits per heavy atom.